The molecule has 0 N–H and O–H groups in total. The van der Waals surface area contributed by atoms with E-state index in [0.717, 1.165) is 36.2 Å². The van der Waals surface area contributed by atoms with Gasteiger partial charge >= 0.3 is 0 Å². The standard InChI is InChI=1S/C22H24ClN3O3/c1-3-9-25(22(27)15-5-8-19-20(11-15)29-14-28-19)13-21-24-17-7-6-16(23)12-18(17)26(21)10-4-2/h5-8,11-12H,3-4,9-10,13-14H2,1-2H3. The third kappa shape index (κ3) is 3.90. The predicted octanol–water partition coefficient (Wildman–Crippen LogP) is 4.88. The summed E-state index contributed by atoms with van der Waals surface area (Å²) >= 11 is 6.20. The Morgan fingerprint density at radius 3 is 2.76 bits per heavy atom. The van der Waals surface area contributed by atoms with Crippen molar-refractivity contribution in [3.63, 3.8) is 0 Å². The molecule has 1 aromatic heterocycles. The van der Waals surface area contributed by atoms with E-state index in [2.05, 4.69) is 18.4 Å². The van der Waals surface area contributed by atoms with Gasteiger partial charge in [-0.3, -0.25) is 4.79 Å². The van der Waals surface area contributed by atoms with E-state index in [0.29, 0.717) is 35.2 Å². The largest absolute Gasteiger partial charge is 0.454 e. The zero-order valence-corrected chi connectivity index (χ0v) is 17.4. The van der Waals surface area contributed by atoms with Crippen LogP contribution in [-0.4, -0.2) is 33.7 Å². The fraction of sp³-hybridized carbons (Fsp3) is 0.364. The van der Waals surface area contributed by atoms with Gasteiger partial charge in [0, 0.05) is 23.7 Å². The van der Waals surface area contributed by atoms with E-state index in [-0.39, 0.29) is 12.7 Å². The third-order valence-corrected chi connectivity index (χ3v) is 5.20. The van der Waals surface area contributed by atoms with Crippen LogP contribution in [0.25, 0.3) is 11.0 Å². The van der Waals surface area contributed by atoms with Gasteiger partial charge in [0.2, 0.25) is 6.79 Å². The summed E-state index contributed by atoms with van der Waals surface area (Å²) in [5.41, 5.74) is 2.48. The molecule has 0 fully saturated rings. The number of halogens is 1. The Morgan fingerprint density at radius 2 is 1.97 bits per heavy atom. The smallest absolute Gasteiger partial charge is 0.254 e. The summed E-state index contributed by atoms with van der Waals surface area (Å²) in [6, 6.07) is 11.0. The van der Waals surface area contributed by atoms with Crippen LogP contribution in [0, 0.1) is 0 Å². The highest BCUT2D eigenvalue weighted by Gasteiger charge is 2.22. The molecule has 3 aromatic rings. The Hall–Kier alpha value is -2.73. The minimum atomic E-state index is -0.0433. The molecule has 152 valence electrons. The molecule has 0 saturated carbocycles. The van der Waals surface area contributed by atoms with E-state index in [1.807, 2.05) is 23.1 Å². The van der Waals surface area contributed by atoms with E-state index in [1.165, 1.54) is 0 Å². The first-order valence-corrected chi connectivity index (χ1v) is 10.3. The molecule has 29 heavy (non-hydrogen) atoms. The van der Waals surface area contributed by atoms with Gasteiger partial charge in [-0.25, -0.2) is 4.98 Å². The summed E-state index contributed by atoms with van der Waals surface area (Å²) in [5.74, 6) is 2.11. The first-order valence-electron chi connectivity index (χ1n) is 9.94. The topological polar surface area (TPSA) is 56.6 Å². The van der Waals surface area contributed by atoms with Crippen LogP contribution in [0.15, 0.2) is 36.4 Å². The molecule has 0 spiro atoms. The van der Waals surface area contributed by atoms with Crippen molar-refractivity contribution in [3.05, 3.63) is 52.8 Å². The molecule has 0 radical (unpaired) electrons. The molecule has 0 saturated heterocycles. The molecule has 7 heteroatoms. The molecule has 0 bridgehead atoms. The first kappa shape index (κ1) is 19.6. The zero-order valence-electron chi connectivity index (χ0n) is 16.7. The number of nitrogens with zero attached hydrogens (tertiary/aromatic N) is 3. The summed E-state index contributed by atoms with van der Waals surface area (Å²) in [6.07, 6.45) is 1.82. The fourth-order valence-corrected chi connectivity index (χ4v) is 3.81. The average molecular weight is 414 g/mol. The van der Waals surface area contributed by atoms with E-state index in [1.54, 1.807) is 18.2 Å². The minimum absolute atomic E-state index is 0.0433. The van der Waals surface area contributed by atoms with Crippen molar-refractivity contribution in [1.29, 1.82) is 0 Å². The second-order valence-corrected chi connectivity index (χ2v) is 7.54. The number of amides is 1. The molecule has 1 aliphatic heterocycles. The van der Waals surface area contributed by atoms with E-state index in [9.17, 15) is 4.79 Å². The highest BCUT2D eigenvalue weighted by Crippen LogP contribution is 2.33. The summed E-state index contributed by atoms with van der Waals surface area (Å²) in [7, 11) is 0. The molecular formula is C22H24ClN3O3. The van der Waals surface area contributed by atoms with Crippen molar-refractivity contribution in [3.8, 4) is 11.5 Å². The predicted molar refractivity (Wildman–Crippen MR) is 113 cm³/mol. The minimum Gasteiger partial charge on any atom is -0.454 e. The Balaban J connectivity index is 1.66. The number of aromatic nitrogens is 2. The molecule has 6 nitrogen and oxygen atoms in total. The van der Waals surface area contributed by atoms with Crippen LogP contribution in [0.4, 0.5) is 0 Å². The van der Waals surface area contributed by atoms with Gasteiger partial charge < -0.3 is 18.9 Å². The Morgan fingerprint density at radius 1 is 1.14 bits per heavy atom. The van der Waals surface area contributed by atoms with Crippen molar-refractivity contribution in [2.24, 2.45) is 0 Å². The van der Waals surface area contributed by atoms with Crippen molar-refractivity contribution in [1.82, 2.24) is 14.5 Å². The molecule has 0 aliphatic carbocycles. The molecule has 2 aromatic carbocycles. The van der Waals surface area contributed by atoms with E-state index in [4.69, 9.17) is 26.1 Å². The van der Waals surface area contributed by atoms with Crippen LogP contribution < -0.4 is 9.47 Å². The van der Waals surface area contributed by atoms with Gasteiger partial charge in [0.25, 0.3) is 5.91 Å². The maximum atomic E-state index is 13.2. The van der Waals surface area contributed by atoms with Gasteiger partial charge in [-0.2, -0.15) is 0 Å². The van der Waals surface area contributed by atoms with E-state index < -0.39 is 0 Å². The van der Waals surface area contributed by atoms with Crippen molar-refractivity contribution in [2.75, 3.05) is 13.3 Å². The number of fused-ring (bicyclic) bond motifs is 2. The quantitative estimate of drug-likeness (QED) is 0.553. The zero-order chi connectivity index (χ0) is 20.4. The number of rotatable bonds is 7. The molecule has 1 amide bonds. The van der Waals surface area contributed by atoms with Crippen LogP contribution in [0.1, 0.15) is 42.9 Å². The number of benzene rings is 2. The maximum absolute atomic E-state index is 13.2. The van der Waals surface area contributed by atoms with Gasteiger partial charge in [-0.1, -0.05) is 25.4 Å². The maximum Gasteiger partial charge on any atom is 0.254 e. The Labute approximate surface area is 175 Å². The summed E-state index contributed by atoms with van der Waals surface area (Å²) in [6.45, 7) is 6.28. The SMILES string of the molecule is CCCN(Cc1nc2ccc(Cl)cc2n1CCC)C(=O)c1ccc2c(c1)OCO2. The average Bonchev–Trinajstić information content (AvgIpc) is 3.31. The fourth-order valence-electron chi connectivity index (χ4n) is 3.64. The number of carbonyl (C=O) groups is 1. The lowest BCUT2D eigenvalue weighted by Crippen LogP contribution is -2.32. The molecule has 1 aliphatic rings. The number of imidazole rings is 1. The van der Waals surface area contributed by atoms with Crippen LogP contribution >= 0.6 is 11.6 Å². The van der Waals surface area contributed by atoms with E-state index >= 15 is 0 Å². The van der Waals surface area contributed by atoms with Crippen molar-refractivity contribution >= 4 is 28.5 Å². The molecule has 0 unspecified atom stereocenters. The summed E-state index contributed by atoms with van der Waals surface area (Å²) < 4.78 is 12.9. The van der Waals surface area contributed by atoms with Crippen molar-refractivity contribution in [2.45, 2.75) is 39.8 Å². The highest BCUT2D eigenvalue weighted by molar-refractivity contribution is 6.31. The number of aryl methyl sites for hydroxylation is 1. The Bertz CT molecular complexity index is 1050. The van der Waals surface area contributed by atoms with Crippen LogP contribution in [-0.2, 0) is 13.1 Å². The van der Waals surface area contributed by atoms with Gasteiger partial charge in [-0.15, -0.1) is 0 Å². The highest BCUT2D eigenvalue weighted by atomic mass is 35.5. The van der Waals surface area contributed by atoms with Crippen LogP contribution in [0.3, 0.4) is 0 Å². The number of hydrogen-bond donors (Lipinski definition) is 0. The lowest BCUT2D eigenvalue weighted by atomic mass is 10.1. The van der Waals surface area contributed by atoms with Crippen molar-refractivity contribution < 1.29 is 14.3 Å². The molecule has 4 rings (SSSR count). The number of ether oxygens (including phenoxy) is 2. The molecular weight excluding hydrogens is 390 g/mol. The molecule has 0 atom stereocenters. The number of hydrogen-bond acceptors (Lipinski definition) is 4. The lowest BCUT2D eigenvalue weighted by Gasteiger charge is -2.22. The molecule has 2 heterocycles. The number of carbonyl (C=O) groups excluding carboxylic acids is 1. The summed E-state index contributed by atoms with van der Waals surface area (Å²) in [4.78, 5) is 19.9. The van der Waals surface area contributed by atoms with Gasteiger partial charge in [0.15, 0.2) is 11.5 Å². The third-order valence-electron chi connectivity index (χ3n) is 4.97. The second kappa shape index (κ2) is 8.33. The monoisotopic (exact) mass is 413 g/mol. The first-order chi connectivity index (χ1) is 14.1. The summed E-state index contributed by atoms with van der Waals surface area (Å²) in [5, 5.41) is 0.683. The Kier molecular flexibility index (Phi) is 5.62. The lowest BCUT2D eigenvalue weighted by molar-refractivity contribution is 0.0737. The van der Waals surface area contributed by atoms with Gasteiger partial charge in [0.1, 0.15) is 5.82 Å². The van der Waals surface area contributed by atoms with Crippen LogP contribution in [0.5, 0.6) is 11.5 Å². The second-order valence-electron chi connectivity index (χ2n) is 7.11. The normalized spacial score (nSPS) is 12.5. The van der Waals surface area contributed by atoms with Crippen LogP contribution in [0.2, 0.25) is 5.02 Å². The van der Waals surface area contributed by atoms with Gasteiger partial charge in [-0.05, 0) is 49.2 Å². The van der Waals surface area contributed by atoms with Gasteiger partial charge in [0.05, 0.1) is 17.6 Å².